The fourth-order valence-electron chi connectivity index (χ4n) is 3.85. The van der Waals surface area contributed by atoms with Crippen molar-refractivity contribution in [2.24, 2.45) is 5.92 Å². The topological polar surface area (TPSA) is 75.4 Å². The molecule has 1 heterocycles. The Morgan fingerprint density at radius 1 is 0.906 bits per heavy atom. The van der Waals surface area contributed by atoms with Crippen molar-refractivity contribution in [3.63, 3.8) is 0 Å². The van der Waals surface area contributed by atoms with Crippen LogP contribution in [0.4, 0.5) is 0 Å². The number of hydrogen-bond acceptors (Lipinski definition) is 4. The van der Waals surface area contributed by atoms with Crippen molar-refractivity contribution in [2.75, 3.05) is 46.1 Å². The molecule has 0 aromatic carbocycles. The van der Waals surface area contributed by atoms with E-state index in [1.807, 2.05) is 18.5 Å². The normalized spacial score (nSPS) is 15.0. The molecule has 0 bridgehead atoms. The molecule has 0 saturated heterocycles. The summed E-state index contributed by atoms with van der Waals surface area (Å²) in [7, 11) is 0. The molecule has 1 amide bonds. The van der Waals surface area contributed by atoms with Gasteiger partial charge in [0.1, 0.15) is 0 Å². The monoisotopic (exact) mass is 493 g/mol. The first-order valence-electron chi connectivity index (χ1n) is 11.6. The van der Waals surface area contributed by atoms with Gasteiger partial charge in [-0.15, -0.1) is 0 Å². The van der Waals surface area contributed by atoms with Crippen molar-refractivity contribution in [1.82, 2.24) is 15.6 Å². The maximum Gasteiger partial charge on any atom is 2.00 e. The van der Waals surface area contributed by atoms with Gasteiger partial charge in [0, 0.05) is 25.5 Å². The molecule has 0 atom stereocenters. The van der Waals surface area contributed by atoms with Crippen molar-refractivity contribution in [2.45, 2.75) is 64.2 Å². The van der Waals surface area contributed by atoms with Gasteiger partial charge in [0.05, 0.1) is 32.8 Å². The van der Waals surface area contributed by atoms with E-state index < -0.39 is 0 Å². The van der Waals surface area contributed by atoms with E-state index in [1.54, 1.807) is 0 Å². The van der Waals surface area contributed by atoms with Gasteiger partial charge in [-0.25, -0.2) is 0 Å². The Hall–Kier alpha value is -0.851. The smallest absolute Gasteiger partial charge is 0.378 e. The zero-order valence-corrected chi connectivity index (χ0v) is 21.5. The molecule has 0 unspecified atom stereocenters. The summed E-state index contributed by atoms with van der Waals surface area (Å²) >= 11 is 0. The van der Waals surface area contributed by atoms with Gasteiger partial charge < -0.3 is 39.9 Å². The fourth-order valence-corrected chi connectivity index (χ4v) is 3.85. The predicted octanol–water partition coefficient (Wildman–Crippen LogP) is 4.33. The van der Waals surface area contributed by atoms with Crippen LogP contribution >= 0.6 is 0 Å². The Bertz CT molecular complexity index is 497. The number of hydrogen-bond donors (Lipinski definition) is 3. The zero-order valence-electron chi connectivity index (χ0n) is 20.4. The van der Waals surface area contributed by atoms with Gasteiger partial charge in [-0.05, 0) is 36.9 Å². The van der Waals surface area contributed by atoms with Crippen LogP contribution in [0.25, 0.3) is 0 Å². The average Bonchev–Trinajstić information content (AvgIpc) is 3.51. The first-order chi connectivity index (χ1) is 14.3. The Morgan fingerprint density at radius 2 is 1.50 bits per heavy atom. The van der Waals surface area contributed by atoms with E-state index in [0.29, 0.717) is 32.8 Å². The van der Waals surface area contributed by atoms with Crippen molar-refractivity contribution in [3.8, 4) is 0 Å². The number of rotatable bonds is 13. The first kappa shape index (κ1) is 33.3. The van der Waals surface area contributed by atoms with Crippen LogP contribution in [0.2, 0.25) is 0 Å². The molecule has 3 rings (SSSR count). The minimum absolute atomic E-state index is 0. The Labute approximate surface area is 207 Å². The molecule has 3 N–H and O–H groups in total. The summed E-state index contributed by atoms with van der Waals surface area (Å²) in [5.41, 5.74) is 0.989. The van der Waals surface area contributed by atoms with Crippen LogP contribution in [-0.2, 0) is 37.8 Å². The second-order valence-electron chi connectivity index (χ2n) is 8.09. The summed E-state index contributed by atoms with van der Waals surface area (Å²) in [5, 5.41) is 6.29. The molecule has 7 heteroatoms. The molecule has 2 aliphatic carbocycles. The number of carbonyl (C=O) groups is 1. The molecule has 1 aromatic rings. The van der Waals surface area contributed by atoms with Gasteiger partial charge in [0.25, 0.3) is 0 Å². The zero-order chi connectivity index (χ0) is 20.4. The second kappa shape index (κ2) is 23.3. The van der Waals surface area contributed by atoms with Crippen molar-refractivity contribution in [1.29, 1.82) is 0 Å². The summed E-state index contributed by atoms with van der Waals surface area (Å²) in [5.74, 6) is 0.892. The van der Waals surface area contributed by atoms with Crippen LogP contribution in [0.5, 0.6) is 0 Å². The number of ether oxygens (including phenoxy) is 2. The standard InChI is InChI=1S/C18H31N3O3.C5H10.2CH3.Fe/c22-18(13-17-5-6-19-15-17)21-8-10-24-12-11-23-9-7-20-14-16-3-1-2-4-16;1-2-4-5-3-1;;;/h5-6,15-16,19-20H,1-4,7-14H2,(H,21,22);1-5H2;2*1H3;/q;;2*-1;+2. The molecule has 0 aliphatic heterocycles. The van der Waals surface area contributed by atoms with E-state index in [0.717, 1.165) is 31.2 Å². The summed E-state index contributed by atoms with van der Waals surface area (Å²) in [6, 6.07) is 1.90. The summed E-state index contributed by atoms with van der Waals surface area (Å²) < 4.78 is 11.0. The Balaban J connectivity index is 0. The van der Waals surface area contributed by atoms with Crippen molar-refractivity contribution in [3.05, 3.63) is 38.9 Å². The molecule has 2 saturated carbocycles. The summed E-state index contributed by atoms with van der Waals surface area (Å²) in [6.45, 7) is 4.98. The van der Waals surface area contributed by atoms with Crippen molar-refractivity contribution >= 4 is 5.91 Å². The quantitative estimate of drug-likeness (QED) is 0.217. The van der Waals surface area contributed by atoms with Crippen LogP contribution in [-0.4, -0.2) is 57.0 Å². The molecule has 2 fully saturated rings. The second-order valence-corrected chi connectivity index (χ2v) is 8.09. The SMILES string of the molecule is C1CCCC1.O=C(Cc1cc[nH]c1)NCCOCCOCCNCC1CCCC1.[CH3-].[CH3-].[Fe+2]. The van der Waals surface area contributed by atoms with Crippen LogP contribution in [0.1, 0.15) is 63.4 Å². The summed E-state index contributed by atoms with van der Waals surface area (Å²) in [6.07, 6.45) is 17.1. The number of carbonyl (C=O) groups excluding carboxylic acids is 1. The Kier molecular flexibility index (Phi) is 24.3. The molecule has 32 heavy (non-hydrogen) atoms. The van der Waals surface area contributed by atoms with Gasteiger partial charge in [0.15, 0.2) is 0 Å². The number of nitrogens with one attached hydrogen (secondary N) is 3. The number of aromatic nitrogens is 1. The number of H-pyrrole nitrogens is 1. The molecule has 1 aromatic heterocycles. The van der Waals surface area contributed by atoms with Gasteiger partial charge in [0.2, 0.25) is 5.91 Å². The maximum atomic E-state index is 11.6. The average molecular weight is 494 g/mol. The van der Waals surface area contributed by atoms with E-state index >= 15 is 0 Å². The van der Waals surface area contributed by atoms with E-state index in [9.17, 15) is 4.79 Å². The van der Waals surface area contributed by atoms with Crippen LogP contribution in [0, 0.1) is 20.8 Å². The maximum absolute atomic E-state index is 11.6. The molecule has 188 valence electrons. The largest absolute Gasteiger partial charge is 2.00 e. The molecule has 0 radical (unpaired) electrons. The van der Waals surface area contributed by atoms with E-state index in [1.165, 1.54) is 57.8 Å². The van der Waals surface area contributed by atoms with Gasteiger partial charge >= 0.3 is 17.1 Å². The third-order valence-corrected chi connectivity index (χ3v) is 5.55. The molecular formula is C25H47FeN3O3. The molecular weight excluding hydrogens is 446 g/mol. The van der Waals surface area contributed by atoms with Crippen molar-refractivity contribution < 1.29 is 31.3 Å². The van der Waals surface area contributed by atoms with Gasteiger partial charge in [-0.3, -0.25) is 4.79 Å². The molecule has 2 aliphatic rings. The minimum Gasteiger partial charge on any atom is -0.378 e. The predicted molar refractivity (Wildman–Crippen MR) is 130 cm³/mol. The van der Waals surface area contributed by atoms with Crippen LogP contribution in [0.15, 0.2) is 18.5 Å². The Morgan fingerprint density at radius 3 is 2.06 bits per heavy atom. The fraction of sp³-hybridized carbons (Fsp3) is 0.720. The van der Waals surface area contributed by atoms with E-state index in [4.69, 9.17) is 9.47 Å². The van der Waals surface area contributed by atoms with Crippen LogP contribution in [0.3, 0.4) is 0 Å². The third kappa shape index (κ3) is 17.7. The number of amides is 1. The van der Waals surface area contributed by atoms with Gasteiger partial charge in [-0.2, -0.15) is 0 Å². The molecule has 0 spiro atoms. The first-order valence-corrected chi connectivity index (χ1v) is 11.6. The number of aromatic amines is 1. The summed E-state index contributed by atoms with van der Waals surface area (Å²) in [4.78, 5) is 14.6. The molecule has 6 nitrogen and oxygen atoms in total. The van der Waals surface area contributed by atoms with Crippen LogP contribution < -0.4 is 10.6 Å². The van der Waals surface area contributed by atoms with E-state index in [2.05, 4.69) is 15.6 Å². The third-order valence-electron chi connectivity index (χ3n) is 5.55. The van der Waals surface area contributed by atoms with Gasteiger partial charge in [-0.1, -0.05) is 44.9 Å². The van der Waals surface area contributed by atoms with E-state index in [-0.39, 0.29) is 37.8 Å². The minimum atomic E-state index is 0.